The van der Waals surface area contributed by atoms with Gasteiger partial charge in [0, 0.05) is 25.5 Å². The highest BCUT2D eigenvalue weighted by Gasteiger charge is 2.09. The van der Waals surface area contributed by atoms with Crippen LogP contribution in [-0.2, 0) is 0 Å². The minimum atomic E-state index is -0.218. The molecule has 8 heteroatoms. The Morgan fingerprint density at radius 3 is 2.76 bits per heavy atom. The zero-order valence-electron chi connectivity index (χ0n) is 11.2. The molecule has 0 fully saturated rings. The number of amides is 1. The molecule has 2 rings (SSSR count). The van der Waals surface area contributed by atoms with Crippen LogP contribution in [0, 0.1) is 6.92 Å². The van der Waals surface area contributed by atoms with Crippen molar-refractivity contribution in [3.05, 3.63) is 46.1 Å². The number of nitrogens with zero attached hydrogens (tertiary/aromatic N) is 3. The summed E-state index contributed by atoms with van der Waals surface area (Å²) < 4.78 is 0. The molecule has 0 unspecified atom stereocenters. The van der Waals surface area contributed by atoms with Crippen LogP contribution < -0.4 is 10.6 Å². The van der Waals surface area contributed by atoms with E-state index in [1.807, 2.05) is 0 Å². The van der Waals surface area contributed by atoms with Gasteiger partial charge in [0.1, 0.15) is 12.1 Å². The van der Waals surface area contributed by atoms with Gasteiger partial charge in [0.25, 0.3) is 5.91 Å². The predicted octanol–water partition coefficient (Wildman–Crippen LogP) is 2.33. The monoisotopic (exact) mass is 325 g/mol. The Morgan fingerprint density at radius 1 is 1.24 bits per heavy atom. The highest BCUT2D eigenvalue weighted by Crippen LogP contribution is 2.21. The van der Waals surface area contributed by atoms with Crippen molar-refractivity contribution in [2.45, 2.75) is 6.92 Å². The van der Waals surface area contributed by atoms with Crippen molar-refractivity contribution in [3.8, 4) is 0 Å². The quantitative estimate of drug-likeness (QED) is 0.825. The number of nitrogens with one attached hydrogen (secondary N) is 2. The molecule has 110 valence electrons. The van der Waals surface area contributed by atoms with Gasteiger partial charge in [0.15, 0.2) is 0 Å². The van der Waals surface area contributed by atoms with Crippen LogP contribution in [0.2, 0.25) is 10.0 Å². The molecule has 0 bridgehead atoms. The largest absolute Gasteiger partial charge is 0.367 e. The van der Waals surface area contributed by atoms with Gasteiger partial charge in [0.2, 0.25) is 0 Å². The molecule has 1 amide bonds. The number of pyridine rings is 1. The zero-order valence-corrected chi connectivity index (χ0v) is 12.7. The second-order valence-electron chi connectivity index (χ2n) is 4.19. The van der Waals surface area contributed by atoms with Crippen LogP contribution in [0.3, 0.4) is 0 Å². The number of aromatic nitrogens is 3. The maximum Gasteiger partial charge on any atom is 0.254 e. The number of anilines is 1. The molecule has 0 aromatic carbocycles. The van der Waals surface area contributed by atoms with Crippen LogP contribution in [-0.4, -0.2) is 33.9 Å². The zero-order chi connectivity index (χ0) is 15.2. The average molecular weight is 326 g/mol. The SMILES string of the molecule is Cc1ncncc1C(=O)NCCNc1ncc(Cl)cc1Cl. The molecule has 0 saturated heterocycles. The summed E-state index contributed by atoms with van der Waals surface area (Å²) in [5.74, 6) is 0.305. The highest BCUT2D eigenvalue weighted by atomic mass is 35.5. The summed E-state index contributed by atoms with van der Waals surface area (Å²) in [6, 6.07) is 1.60. The predicted molar refractivity (Wildman–Crippen MR) is 81.8 cm³/mol. The lowest BCUT2D eigenvalue weighted by Gasteiger charge is -2.09. The summed E-state index contributed by atoms with van der Waals surface area (Å²) >= 11 is 11.7. The van der Waals surface area contributed by atoms with Crippen LogP contribution >= 0.6 is 23.2 Å². The standard InChI is InChI=1S/C13H13Cl2N5O/c1-8-10(6-16-7-20-8)13(21)18-3-2-17-12-11(15)4-9(14)5-19-12/h4-7H,2-3H2,1H3,(H,17,19)(H,18,21). The third-order valence-corrected chi connectivity index (χ3v) is 3.16. The normalized spacial score (nSPS) is 10.2. The first-order valence-electron chi connectivity index (χ1n) is 6.17. The van der Waals surface area contributed by atoms with Crippen molar-refractivity contribution in [1.82, 2.24) is 20.3 Å². The third-order valence-electron chi connectivity index (χ3n) is 2.67. The van der Waals surface area contributed by atoms with Gasteiger partial charge in [-0.2, -0.15) is 0 Å². The maximum atomic E-state index is 11.9. The van der Waals surface area contributed by atoms with Gasteiger partial charge in [-0.05, 0) is 13.0 Å². The molecule has 0 atom stereocenters. The second kappa shape index (κ2) is 7.19. The van der Waals surface area contributed by atoms with E-state index in [0.29, 0.717) is 40.2 Å². The van der Waals surface area contributed by atoms with Gasteiger partial charge in [-0.3, -0.25) is 4.79 Å². The number of carbonyl (C=O) groups is 1. The first-order chi connectivity index (χ1) is 10.1. The Bertz CT molecular complexity index is 650. The summed E-state index contributed by atoms with van der Waals surface area (Å²) in [6.45, 7) is 2.65. The summed E-state index contributed by atoms with van der Waals surface area (Å²) in [7, 11) is 0. The lowest BCUT2D eigenvalue weighted by atomic mass is 10.2. The summed E-state index contributed by atoms with van der Waals surface area (Å²) in [5.41, 5.74) is 1.10. The van der Waals surface area contributed by atoms with E-state index >= 15 is 0 Å². The fourth-order valence-electron chi connectivity index (χ4n) is 1.61. The first kappa shape index (κ1) is 15.5. The molecule has 2 heterocycles. The summed E-state index contributed by atoms with van der Waals surface area (Å²) in [4.78, 5) is 23.8. The maximum absolute atomic E-state index is 11.9. The van der Waals surface area contributed by atoms with Gasteiger partial charge < -0.3 is 10.6 Å². The molecule has 2 aromatic heterocycles. The van der Waals surface area contributed by atoms with E-state index in [9.17, 15) is 4.79 Å². The third kappa shape index (κ3) is 4.27. The molecule has 0 radical (unpaired) electrons. The Labute approximate surface area is 131 Å². The van der Waals surface area contributed by atoms with Crippen molar-refractivity contribution in [2.24, 2.45) is 0 Å². The lowest BCUT2D eigenvalue weighted by Crippen LogP contribution is -2.29. The van der Waals surface area contributed by atoms with E-state index in [2.05, 4.69) is 25.6 Å². The van der Waals surface area contributed by atoms with E-state index in [-0.39, 0.29) is 5.91 Å². The van der Waals surface area contributed by atoms with Gasteiger partial charge in [-0.1, -0.05) is 23.2 Å². The minimum absolute atomic E-state index is 0.218. The van der Waals surface area contributed by atoms with Gasteiger partial charge in [-0.15, -0.1) is 0 Å². The smallest absolute Gasteiger partial charge is 0.254 e. The molecule has 0 aliphatic heterocycles. The molecule has 0 aliphatic carbocycles. The van der Waals surface area contributed by atoms with E-state index in [0.717, 1.165) is 0 Å². The number of hydrogen-bond donors (Lipinski definition) is 2. The summed E-state index contributed by atoms with van der Waals surface area (Å²) in [6.07, 6.45) is 4.39. The first-order valence-corrected chi connectivity index (χ1v) is 6.93. The van der Waals surface area contributed by atoms with E-state index < -0.39 is 0 Å². The van der Waals surface area contributed by atoms with E-state index in [4.69, 9.17) is 23.2 Å². The van der Waals surface area contributed by atoms with Crippen LogP contribution in [0.5, 0.6) is 0 Å². The van der Waals surface area contributed by atoms with Crippen LogP contribution in [0.15, 0.2) is 24.8 Å². The molecule has 0 spiro atoms. The minimum Gasteiger partial charge on any atom is -0.367 e. The molecular formula is C13H13Cl2N5O. The molecule has 2 aromatic rings. The van der Waals surface area contributed by atoms with Crippen molar-refractivity contribution in [1.29, 1.82) is 0 Å². The van der Waals surface area contributed by atoms with Crippen molar-refractivity contribution in [2.75, 3.05) is 18.4 Å². The van der Waals surface area contributed by atoms with Crippen LogP contribution in [0.4, 0.5) is 5.82 Å². The van der Waals surface area contributed by atoms with Crippen molar-refractivity contribution in [3.63, 3.8) is 0 Å². The Morgan fingerprint density at radius 2 is 2.05 bits per heavy atom. The van der Waals surface area contributed by atoms with Gasteiger partial charge in [0.05, 0.1) is 21.3 Å². The number of rotatable bonds is 5. The molecule has 0 aliphatic rings. The molecular weight excluding hydrogens is 313 g/mol. The van der Waals surface area contributed by atoms with Crippen molar-refractivity contribution >= 4 is 34.9 Å². The number of carbonyl (C=O) groups excluding carboxylic acids is 1. The molecule has 2 N–H and O–H groups in total. The fourth-order valence-corrected chi connectivity index (χ4v) is 2.06. The fraction of sp³-hybridized carbons (Fsp3) is 0.231. The molecule has 0 saturated carbocycles. The number of hydrogen-bond acceptors (Lipinski definition) is 5. The van der Waals surface area contributed by atoms with Gasteiger partial charge >= 0.3 is 0 Å². The Hall–Kier alpha value is -1.92. The highest BCUT2D eigenvalue weighted by molar-refractivity contribution is 6.35. The number of aryl methyl sites for hydroxylation is 1. The van der Waals surface area contributed by atoms with Crippen LogP contribution in [0.1, 0.15) is 16.1 Å². The Kier molecular flexibility index (Phi) is 5.30. The average Bonchev–Trinajstić information content (AvgIpc) is 2.45. The van der Waals surface area contributed by atoms with E-state index in [1.165, 1.54) is 18.7 Å². The lowest BCUT2D eigenvalue weighted by molar-refractivity contribution is 0.0953. The van der Waals surface area contributed by atoms with Crippen molar-refractivity contribution < 1.29 is 4.79 Å². The molecule has 21 heavy (non-hydrogen) atoms. The molecule has 6 nitrogen and oxygen atoms in total. The number of halogens is 2. The summed E-state index contributed by atoms with van der Waals surface area (Å²) in [5, 5.41) is 6.68. The Balaban J connectivity index is 1.82. The second-order valence-corrected chi connectivity index (χ2v) is 5.03. The topological polar surface area (TPSA) is 79.8 Å². The van der Waals surface area contributed by atoms with Crippen LogP contribution in [0.25, 0.3) is 0 Å². The van der Waals surface area contributed by atoms with Gasteiger partial charge in [-0.25, -0.2) is 15.0 Å². The van der Waals surface area contributed by atoms with E-state index in [1.54, 1.807) is 13.0 Å².